The van der Waals surface area contributed by atoms with Crippen LogP contribution in [0.3, 0.4) is 0 Å². The summed E-state index contributed by atoms with van der Waals surface area (Å²) in [5.74, 6) is 1.58. The van der Waals surface area contributed by atoms with E-state index in [1.165, 1.54) is 12.8 Å². The van der Waals surface area contributed by atoms with Crippen LogP contribution in [0.5, 0.6) is 5.75 Å². The number of hydrogen-bond donors (Lipinski definition) is 2. The summed E-state index contributed by atoms with van der Waals surface area (Å²) in [7, 11) is 1.66. The first-order chi connectivity index (χ1) is 10.2. The van der Waals surface area contributed by atoms with Gasteiger partial charge in [-0.25, -0.2) is 0 Å². The van der Waals surface area contributed by atoms with Crippen molar-refractivity contribution in [2.45, 2.75) is 50.7 Å². The molecule has 2 N–H and O–H groups in total. The molecule has 0 aliphatic carbocycles. The Labute approximate surface area is 138 Å². The fourth-order valence-corrected chi connectivity index (χ4v) is 3.62. The molecule has 2 unspecified atom stereocenters. The summed E-state index contributed by atoms with van der Waals surface area (Å²) >= 11 is 0. The number of piperidine rings is 1. The van der Waals surface area contributed by atoms with Crippen molar-refractivity contribution in [1.29, 1.82) is 0 Å². The van der Waals surface area contributed by atoms with E-state index < -0.39 is 0 Å². The lowest BCUT2D eigenvalue weighted by atomic mass is 9.89. The summed E-state index contributed by atoms with van der Waals surface area (Å²) in [6, 6.07) is 9.14. The molecule has 2 heterocycles. The minimum absolute atomic E-state index is 0. The van der Waals surface area contributed by atoms with Gasteiger partial charge >= 0.3 is 0 Å². The van der Waals surface area contributed by atoms with Crippen molar-refractivity contribution < 1.29 is 9.53 Å². The largest absolute Gasteiger partial charge is 0.497 e. The Kier molecular flexibility index (Phi) is 6.09. The number of carbonyl (C=O) groups excluding carboxylic acids is 1. The monoisotopic (exact) mass is 324 g/mol. The van der Waals surface area contributed by atoms with Gasteiger partial charge in [0, 0.05) is 25.0 Å². The number of carbonyl (C=O) groups is 1. The third-order valence-corrected chi connectivity index (χ3v) is 4.69. The maximum atomic E-state index is 12.1. The van der Waals surface area contributed by atoms with E-state index in [1.54, 1.807) is 7.11 Å². The highest BCUT2D eigenvalue weighted by Crippen LogP contribution is 2.32. The van der Waals surface area contributed by atoms with Gasteiger partial charge in [-0.15, -0.1) is 12.4 Å². The van der Waals surface area contributed by atoms with E-state index >= 15 is 0 Å². The molecule has 1 aromatic rings. The molecule has 1 aromatic carbocycles. The van der Waals surface area contributed by atoms with Gasteiger partial charge in [-0.2, -0.15) is 0 Å². The average molecular weight is 325 g/mol. The lowest BCUT2D eigenvalue weighted by Crippen LogP contribution is -2.39. The van der Waals surface area contributed by atoms with Crippen molar-refractivity contribution in [2.75, 3.05) is 7.11 Å². The maximum Gasteiger partial charge on any atom is 0.220 e. The Bertz CT molecular complexity index is 480. The van der Waals surface area contributed by atoms with Gasteiger partial charge in [0.05, 0.1) is 7.11 Å². The lowest BCUT2D eigenvalue weighted by molar-refractivity contribution is -0.122. The van der Waals surface area contributed by atoms with Gasteiger partial charge in [-0.1, -0.05) is 12.1 Å². The zero-order valence-electron chi connectivity index (χ0n) is 13.0. The van der Waals surface area contributed by atoms with E-state index in [-0.39, 0.29) is 18.3 Å². The summed E-state index contributed by atoms with van der Waals surface area (Å²) in [6.45, 7) is 0.598. The molecule has 2 aliphatic heterocycles. The minimum atomic E-state index is 0. The van der Waals surface area contributed by atoms with Crippen LogP contribution in [0.15, 0.2) is 24.3 Å². The van der Waals surface area contributed by atoms with Crippen LogP contribution in [-0.4, -0.2) is 25.1 Å². The van der Waals surface area contributed by atoms with E-state index in [1.807, 2.05) is 24.3 Å². The highest BCUT2D eigenvalue weighted by Gasteiger charge is 2.34. The third kappa shape index (κ3) is 4.37. The lowest BCUT2D eigenvalue weighted by Gasteiger charge is -2.28. The minimum Gasteiger partial charge on any atom is -0.497 e. The summed E-state index contributed by atoms with van der Waals surface area (Å²) in [5.41, 5.74) is 1.11. The predicted molar refractivity (Wildman–Crippen MR) is 89.4 cm³/mol. The summed E-state index contributed by atoms with van der Waals surface area (Å²) < 4.78 is 5.13. The van der Waals surface area contributed by atoms with Crippen LogP contribution in [0.1, 0.15) is 37.7 Å². The van der Waals surface area contributed by atoms with E-state index in [2.05, 4.69) is 10.6 Å². The molecule has 0 saturated carbocycles. The maximum absolute atomic E-state index is 12.1. The molecule has 3 rings (SSSR count). The zero-order valence-corrected chi connectivity index (χ0v) is 13.8. The molecule has 2 fully saturated rings. The third-order valence-electron chi connectivity index (χ3n) is 4.69. The molecule has 2 atom stereocenters. The molecule has 0 radical (unpaired) electrons. The van der Waals surface area contributed by atoms with Gasteiger partial charge in [0.25, 0.3) is 0 Å². The van der Waals surface area contributed by atoms with Gasteiger partial charge in [0.1, 0.15) is 5.75 Å². The Balaban J connectivity index is 0.00000176. The second-order valence-electron chi connectivity index (χ2n) is 6.30. The molecule has 122 valence electrons. The smallest absolute Gasteiger partial charge is 0.220 e. The number of rotatable bonds is 5. The number of halogens is 1. The summed E-state index contributed by atoms with van der Waals surface area (Å²) in [6.07, 6.45) is 5.56. The zero-order chi connectivity index (χ0) is 14.7. The van der Waals surface area contributed by atoms with Gasteiger partial charge < -0.3 is 15.4 Å². The highest BCUT2D eigenvalue weighted by atomic mass is 35.5. The molecule has 5 heteroatoms. The normalized spacial score (nSPS) is 26.1. The first-order valence-electron chi connectivity index (χ1n) is 7.88. The molecule has 2 saturated heterocycles. The van der Waals surface area contributed by atoms with Crippen LogP contribution in [-0.2, 0) is 11.3 Å². The van der Waals surface area contributed by atoms with E-state index in [9.17, 15) is 4.79 Å². The highest BCUT2D eigenvalue weighted by molar-refractivity contribution is 5.85. The van der Waals surface area contributed by atoms with Gasteiger partial charge in [0.2, 0.25) is 5.91 Å². The number of nitrogens with one attached hydrogen (secondary N) is 2. The van der Waals surface area contributed by atoms with Crippen molar-refractivity contribution in [2.24, 2.45) is 5.92 Å². The van der Waals surface area contributed by atoms with Crippen molar-refractivity contribution in [3.8, 4) is 5.75 Å². The quantitative estimate of drug-likeness (QED) is 0.875. The fourth-order valence-electron chi connectivity index (χ4n) is 3.62. The summed E-state index contributed by atoms with van der Waals surface area (Å²) in [5, 5.41) is 6.65. The van der Waals surface area contributed by atoms with Crippen LogP contribution in [0.4, 0.5) is 0 Å². The molecule has 2 bridgehead atoms. The van der Waals surface area contributed by atoms with E-state index in [4.69, 9.17) is 4.74 Å². The van der Waals surface area contributed by atoms with E-state index in [0.29, 0.717) is 31.0 Å². The summed E-state index contributed by atoms with van der Waals surface area (Å²) in [4.78, 5) is 12.1. The average Bonchev–Trinajstić information content (AvgIpc) is 2.84. The second-order valence-corrected chi connectivity index (χ2v) is 6.30. The predicted octanol–water partition coefficient (Wildman–Crippen LogP) is 2.65. The number of amides is 1. The van der Waals surface area contributed by atoms with Crippen LogP contribution in [0.2, 0.25) is 0 Å². The second kappa shape index (κ2) is 7.84. The van der Waals surface area contributed by atoms with Crippen molar-refractivity contribution in [1.82, 2.24) is 10.6 Å². The van der Waals surface area contributed by atoms with Gasteiger partial charge in [-0.05, 0) is 49.3 Å². The molecule has 4 nitrogen and oxygen atoms in total. The molecule has 2 aliphatic rings. The Morgan fingerprint density at radius 3 is 2.45 bits per heavy atom. The van der Waals surface area contributed by atoms with Crippen molar-refractivity contribution in [3.05, 3.63) is 29.8 Å². The van der Waals surface area contributed by atoms with Crippen LogP contribution in [0, 0.1) is 5.92 Å². The Hall–Kier alpha value is -1.26. The number of hydrogen-bond acceptors (Lipinski definition) is 3. The number of ether oxygens (including phenoxy) is 1. The van der Waals surface area contributed by atoms with Crippen LogP contribution >= 0.6 is 12.4 Å². The molecular weight excluding hydrogens is 300 g/mol. The first kappa shape index (κ1) is 17.1. The van der Waals surface area contributed by atoms with Crippen molar-refractivity contribution in [3.63, 3.8) is 0 Å². The molecule has 22 heavy (non-hydrogen) atoms. The molecule has 1 amide bonds. The van der Waals surface area contributed by atoms with Gasteiger partial charge in [0.15, 0.2) is 0 Å². The van der Waals surface area contributed by atoms with Crippen molar-refractivity contribution >= 4 is 18.3 Å². The molecule has 0 aromatic heterocycles. The van der Waals surface area contributed by atoms with Crippen LogP contribution < -0.4 is 15.4 Å². The fraction of sp³-hybridized carbons (Fsp3) is 0.588. The Morgan fingerprint density at radius 2 is 1.86 bits per heavy atom. The van der Waals surface area contributed by atoms with Gasteiger partial charge in [-0.3, -0.25) is 4.79 Å². The number of methoxy groups -OCH3 is 1. The SMILES string of the molecule is COc1ccc(CNC(=O)CC2CC3CCC(C2)N3)cc1.Cl. The van der Waals surface area contributed by atoms with E-state index in [0.717, 1.165) is 24.2 Å². The Morgan fingerprint density at radius 1 is 1.23 bits per heavy atom. The topological polar surface area (TPSA) is 50.4 Å². The molecular formula is C17H25ClN2O2. The molecule has 0 spiro atoms. The first-order valence-corrected chi connectivity index (χ1v) is 7.88. The number of benzene rings is 1. The standard InChI is InChI=1S/C17H24N2O2.ClH/c1-21-16-6-2-12(3-7-16)11-18-17(20)10-13-8-14-4-5-15(9-13)19-14;/h2-3,6-7,13-15,19H,4-5,8-11H2,1H3,(H,18,20);1H. The number of fused-ring (bicyclic) bond motifs is 2. The van der Waals surface area contributed by atoms with Crippen LogP contribution in [0.25, 0.3) is 0 Å².